The van der Waals surface area contributed by atoms with Crippen LogP contribution in [0.5, 0.6) is 0 Å². The van der Waals surface area contributed by atoms with E-state index in [-0.39, 0.29) is 5.91 Å². The second-order valence-electron chi connectivity index (χ2n) is 4.61. The average Bonchev–Trinajstić information content (AvgIpc) is 3.12. The van der Waals surface area contributed by atoms with Gasteiger partial charge in [-0.3, -0.25) is 14.6 Å². The van der Waals surface area contributed by atoms with Crippen molar-refractivity contribution in [1.29, 1.82) is 0 Å². The molecule has 0 spiro atoms. The van der Waals surface area contributed by atoms with Crippen LogP contribution < -0.4 is 5.32 Å². The molecular formula is C14H15N5O2. The van der Waals surface area contributed by atoms with Crippen LogP contribution in [0, 0.1) is 0 Å². The van der Waals surface area contributed by atoms with Crippen LogP contribution in [0.25, 0.3) is 10.9 Å². The van der Waals surface area contributed by atoms with E-state index in [0.717, 1.165) is 10.9 Å². The number of methoxy groups -OCH3 is 1. The molecule has 0 aliphatic rings. The van der Waals surface area contributed by atoms with Gasteiger partial charge in [-0.15, -0.1) is 0 Å². The zero-order valence-electron chi connectivity index (χ0n) is 11.5. The Balaban J connectivity index is 1.71. The van der Waals surface area contributed by atoms with Crippen LogP contribution in [0.2, 0.25) is 0 Å². The number of nitrogens with zero attached hydrogens (tertiary/aromatic N) is 3. The van der Waals surface area contributed by atoms with Crippen molar-refractivity contribution in [3.8, 4) is 0 Å². The van der Waals surface area contributed by atoms with Gasteiger partial charge in [-0.1, -0.05) is 6.07 Å². The third kappa shape index (κ3) is 2.92. The maximum absolute atomic E-state index is 12.2. The van der Waals surface area contributed by atoms with Gasteiger partial charge in [-0.05, 0) is 12.1 Å². The Kier molecular flexibility index (Phi) is 3.65. The summed E-state index contributed by atoms with van der Waals surface area (Å²) in [5.41, 5.74) is 2.05. The number of hydrogen-bond acceptors (Lipinski definition) is 4. The molecule has 0 unspecified atom stereocenters. The number of carbonyl (C=O) groups is 1. The second-order valence-corrected chi connectivity index (χ2v) is 4.61. The van der Waals surface area contributed by atoms with E-state index >= 15 is 0 Å². The number of carbonyl (C=O) groups excluding carboxylic acids is 1. The molecule has 7 heteroatoms. The van der Waals surface area contributed by atoms with Crippen molar-refractivity contribution >= 4 is 22.5 Å². The van der Waals surface area contributed by atoms with Gasteiger partial charge in [0.25, 0.3) is 5.91 Å². The summed E-state index contributed by atoms with van der Waals surface area (Å²) in [6, 6.07) is 5.39. The van der Waals surface area contributed by atoms with Crippen LogP contribution in [0.3, 0.4) is 0 Å². The number of rotatable bonds is 5. The van der Waals surface area contributed by atoms with Crippen molar-refractivity contribution in [1.82, 2.24) is 20.0 Å². The van der Waals surface area contributed by atoms with E-state index in [1.807, 2.05) is 6.07 Å². The molecule has 0 fully saturated rings. The topological polar surface area (TPSA) is 84.8 Å². The molecule has 0 saturated heterocycles. The van der Waals surface area contributed by atoms with Gasteiger partial charge in [0.05, 0.1) is 36.7 Å². The Bertz CT molecular complexity index is 761. The highest BCUT2D eigenvalue weighted by Gasteiger charge is 2.09. The summed E-state index contributed by atoms with van der Waals surface area (Å²) < 4.78 is 6.70. The van der Waals surface area contributed by atoms with E-state index < -0.39 is 0 Å². The quantitative estimate of drug-likeness (QED) is 0.746. The first-order valence-electron chi connectivity index (χ1n) is 6.52. The van der Waals surface area contributed by atoms with Crippen LogP contribution in [0.4, 0.5) is 5.69 Å². The zero-order chi connectivity index (χ0) is 14.7. The van der Waals surface area contributed by atoms with Gasteiger partial charge in [0, 0.05) is 24.3 Å². The Morgan fingerprint density at radius 3 is 3.19 bits per heavy atom. The molecule has 1 aromatic carbocycles. The number of fused-ring (bicyclic) bond motifs is 1. The van der Waals surface area contributed by atoms with Crippen LogP contribution in [0.15, 0.2) is 36.8 Å². The summed E-state index contributed by atoms with van der Waals surface area (Å²) >= 11 is 0. The lowest BCUT2D eigenvalue weighted by Crippen LogP contribution is -2.11. The van der Waals surface area contributed by atoms with Gasteiger partial charge in [-0.2, -0.15) is 10.2 Å². The molecule has 3 rings (SSSR count). The average molecular weight is 285 g/mol. The molecular weight excluding hydrogens is 270 g/mol. The molecule has 2 aromatic heterocycles. The lowest BCUT2D eigenvalue weighted by molar-refractivity contribution is 0.102. The van der Waals surface area contributed by atoms with Crippen LogP contribution in [0.1, 0.15) is 10.4 Å². The highest BCUT2D eigenvalue weighted by molar-refractivity contribution is 6.05. The SMILES string of the molecule is COCCn1cc(NC(=O)c2ccc3cn[nH]c3c2)cn1. The van der Waals surface area contributed by atoms with Crippen molar-refractivity contribution in [2.24, 2.45) is 0 Å². The highest BCUT2D eigenvalue weighted by atomic mass is 16.5. The second kappa shape index (κ2) is 5.76. The first-order chi connectivity index (χ1) is 10.3. The minimum atomic E-state index is -0.183. The Labute approximate surface area is 120 Å². The highest BCUT2D eigenvalue weighted by Crippen LogP contribution is 2.14. The van der Waals surface area contributed by atoms with Crippen LogP contribution in [-0.4, -0.2) is 39.6 Å². The minimum absolute atomic E-state index is 0.183. The van der Waals surface area contributed by atoms with Gasteiger partial charge in [0.15, 0.2) is 0 Å². The first kappa shape index (κ1) is 13.3. The lowest BCUT2D eigenvalue weighted by Gasteiger charge is -2.02. The molecule has 7 nitrogen and oxygen atoms in total. The summed E-state index contributed by atoms with van der Waals surface area (Å²) in [6.45, 7) is 1.22. The van der Waals surface area contributed by atoms with Crippen molar-refractivity contribution in [2.75, 3.05) is 19.0 Å². The number of anilines is 1. The fourth-order valence-corrected chi connectivity index (χ4v) is 2.02. The Hall–Kier alpha value is -2.67. The number of amides is 1. The van der Waals surface area contributed by atoms with E-state index in [2.05, 4.69) is 20.6 Å². The molecule has 0 saturated carbocycles. The van der Waals surface area contributed by atoms with E-state index in [1.165, 1.54) is 0 Å². The molecule has 2 heterocycles. The zero-order valence-corrected chi connectivity index (χ0v) is 11.5. The number of ether oxygens (including phenoxy) is 1. The molecule has 0 aliphatic carbocycles. The molecule has 108 valence electrons. The molecule has 0 radical (unpaired) electrons. The van der Waals surface area contributed by atoms with E-state index in [9.17, 15) is 4.79 Å². The normalized spacial score (nSPS) is 10.9. The first-order valence-corrected chi connectivity index (χ1v) is 6.52. The van der Waals surface area contributed by atoms with E-state index in [4.69, 9.17) is 4.74 Å². The summed E-state index contributed by atoms with van der Waals surface area (Å²) in [5.74, 6) is -0.183. The molecule has 2 N–H and O–H groups in total. The van der Waals surface area contributed by atoms with Gasteiger partial charge in [-0.25, -0.2) is 0 Å². The fraction of sp³-hybridized carbons (Fsp3) is 0.214. The van der Waals surface area contributed by atoms with Gasteiger partial charge in [0.1, 0.15) is 0 Å². The third-order valence-corrected chi connectivity index (χ3v) is 3.12. The number of nitrogens with one attached hydrogen (secondary N) is 2. The number of aromatic amines is 1. The molecule has 0 aliphatic heterocycles. The predicted molar refractivity (Wildman–Crippen MR) is 78.1 cm³/mol. The molecule has 0 atom stereocenters. The third-order valence-electron chi connectivity index (χ3n) is 3.12. The smallest absolute Gasteiger partial charge is 0.255 e. The van der Waals surface area contributed by atoms with Crippen molar-refractivity contribution in [2.45, 2.75) is 6.54 Å². The number of hydrogen-bond donors (Lipinski definition) is 2. The Morgan fingerprint density at radius 1 is 1.43 bits per heavy atom. The summed E-state index contributed by atoms with van der Waals surface area (Å²) in [7, 11) is 1.64. The lowest BCUT2D eigenvalue weighted by atomic mass is 10.1. The van der Waals surface area contributed by atoms with E-state index in [0.29, 0.717) is 24.4 Å². The van der Waals surface area contributed by atoms with Crippen molar-refractivity contribution in [3.05, 3.63) is 42.4 Å². The molecule has 1 amide bonds. The molecule has 3 aromatic rings. The maximum Gasteiger partial charge on any atom is 0.255 e. The monoisotopic (exact) mass is 285 g/mol. The van der Waals surface area contributed by atoms with Crippen molar-refractivity contribution in [3.63, 3.8) is 0 Å². The van der Waals surface area contributed by atoms with Gasteiger partial charge in [0.2, 0.25) is 0 Å². The minimum Gasteiger partial charge on any atom is -0.383 e. The van der Waals surface area contributed by atoms with Gasteiger partial charge < -0.3 is 10.1 Å². The maximum atomic E-state index is 12.2. The standard InChI is InChI=1S/C14H15N5O2/c1-21-5-4-19-9-12(8-16-19)17-14(20)10-2-3-11-7-15-18-13(11)6-10/h2-3,6-9H,4-5H2,1H3,(H,15,18)(H,17,20). The molecule has 0 bridgehead atoms. The van der Waals surface area contributed by atoms with Crippen LogP contribution in [-0.2, 0) is 11.3 Å². The summed E-state index contributed by atoms with van der Waals surface area (Å²) in [4.78, 5) is 12.2. The Morgan fingerprint density at radius 2 is 2.33 bits per heavy atom. The fourth-order valence-electron chi connectivity index (χ4n) is 2.02. The largest absolute Gasteiger partial charge is 0.383 e. The van der Waals surface area contributed by atoms with E-state index in [1.54, 1.807) is 42.5 Å². The predicted octanol–water partition coefficient (Wildman–Crippen LogP) is 1.66. The summed E-state index contributed by atoms with van der Waals surface area (Å²) in [5, 5.41) is 14.7. The van der Waals surface area contributed by atoms with Crippen molar-refractivity contribution < 1.29 is 9.53 Å². The summed E-state index contributed by atoms with van der Waals surface area (Å²) in [6.07, 6.45) is 5.10. The van der Waals surface area contributed by atoms with Gasteiger partial charge >= 0.3 is 0 Å². The van der Waals surface area contributed by atoms with Crippen LogP contribution >= 0.6 is 0 Å². The number of aromatic nitrogens is 4. The molecule has 21 heavy (non-hydrogen) atoms. The number of H-pyrrole nitrogens is 1. The number of benzene rings is 1.